The fraction of sp³-hybridized carbons (Fsp3) is 0.375. The lowest BCUT2D eigenvalue weighted by Gasteiger charge is -1.99. The van der Waals surface area contributed by atoms with Crippen LogP contribution in [0.3, 0.4) is 0 Å². The molecule has 72 valence electrons. The molecule has 0 saturated heterocycles. The zero-order valence-electron chi connectivity index (χ0n) is 7.49. The van der Waals surface area contributed by atoms with Crippen LogP contribution in [0.2, 0.25) is 0 Å². The highest BCUT2D eigenvalue weighted by atomic mass is 32.1. The van der Waals surface area contributed by atoms with Crippen LogP contribution in [0.4, 0.5) is 5.00 Å². The summed E-state index contributed by atoms with van der Waals surface area (Å²) in [5.41, 5.74) is 6.33. The number of thiophene rings is 1. The topological polar surface area (TPSA) is 61.5 Å². The van der Waals surface area contributed by atoms with Gasteiger partial charge in [-0.05, 0) is 6.07 Å². The molecule has 4 nitrogen and oxygen atoms in total. The average molecular weight is 201 g/mol. The molecule has 0 fully saturated rings. The fourth-order valence-corrected chi connectivity index (χ4v) is 1.83. The molecule has 1 aromatic heterocycles. The maximum Gasteiger partial charge on any atom is 0.348 e. The molecular formula is C8H11NO3S. The van der Waals surface area contributed by atoms with Gasteiger partial charge in [-0.2, -0.15) is 0 Å². The molecule has 1 rings (SSSR count). The monoisotopic (exact) mass is 201 g/mol. The second kappa shape index (κ2) is 4.25. The number of carbonyl (C=O) groups is 1. The van der Waals surface area contributed by atoms with Crippen LogP contribution in [0, 0.1) is 0 Å². The minimum absolute atomic E-state index is 0.367. The predicted molar refractivity (Wildman–Crippen MR) is 50.8 cm³/mol. The number of methoxy groups -OCH3 is 2. The van der Waals surface area contributed by atoms with Crippen molar-refractivity contribution < 1.29 is 14.3 Å². The smallest absolute Gasteiger partial charge is 0.348 e. The van der Waals surface area contributed by atoms with E-state index in [4.69, 9.17) is 10.5 Å². The lowest BCUT2D eigenvalue weighted by Crippen LogP contribution is -2.02. The Morgan fingerprint density at radius 3 is 2.85 bits per heavy atom. The van der Waals surface area contributed by atoms with Crippen molar-refractivity contribution in [2.75, 3.05) is 20.0 Å². The van der Waals surface area contributed by atoms with Gasteiger partial charge in [0.25, 0.3) is 0 Å². The van der Waals surface area contributed by atoms with Crippen LogP contribution in [0.1, 0.15) is 15.2 Å². The summed E-state index contributed by atoms with van der Waals surface area (Å²) in [5.74, 6) is -0.367. The lowest BCUT2D eigenvalue weighted by molar-refractivity contribution is 0.0602. The number of hydrogen-bond acceptors (Lipinski definition) is 5. The summed E-state index contributed by atoms with van der Waals surface area (Å²) in [6, 6.07) is 1.72. The molecule has 1 aromatic rings. The minimum Gasteiger partial charge on any atom is -0.465 e. The second-order valence-corrected chi connectivity index (χ2v) is 3.51. The lowest BCUT2D eigenvalue weighted by atomic mass is 10.2. The molecule has 0 aliphatic rings. The quantitative estimate of drug-likeness (QED) is 0.748. The first kappa shape index (κ1) is 10.0. The Balaban J connectivity index is 2.96. The van der Waals surface area contributed by atoms with E-state index in [2.05, 4.69) is 4.74 Å². The highest BCUT2D eigenvalue weighted by Crippen LogP contribution is 2.25. The van der Waals surface area contributed by atoms with E-state index in [9.17, 15) is 4.79 Å². The van der Waals surface area contributed by atoms with Gasteiger partial charge in [-0.25, -0.2) is 4.79 Å². The maximum absolute atomic E-state index is 11.2. The average Bonchev–Trinajstić information content (AvgIpc) is 2.46. The first-order chi connectivity index (χ1) is 6.19. The van der Waals surface area contributed by atoms with E-state index >= 15 is 0 Å². The van der Waals surface area contributed by atoms with Crippen LogP contribution >= 0.6 is 11.3 Å². The normalized spacial score (nSPS) is 10.0. The van der Waals surface area contributed by atoms with Crippen molar-refractivity contribution in [2.45, 2.75) is 6.61 Å². The van der Waals surface area contributed by atoms with Gasteiger partial charge in [-0.1, -0.05) is 0 Å². The highest BCUT2D eigenvalue weighted by Gasteiger charge is 2.15. The second-order valence-electron chi connectivity index (χ2n) is 2.43. The van der Waals surface area contributed by atoms with E-state index in [1.165, 1.54) is 18.4 Å². The van der Waals surface area contributed by atoms with E-state index in [0.717, 1.165) is 5.56 Å². The number of anilines is 1. The predicted octanol–water partition coefficient (Wildman–Crippen LogP) is 1.26. The minimum atomic E-state index is -0.367. The van der Waals surface area contributed by atoms with Crippen LogP contribution < -0.4 is 5.73 Å². The zero-order chi connectivity index (χ0) is 9.84. The van der Waals surface area contributed by atoms with E-state index in [1.54, 1.807) is 13.2 Å². The summed E-state index contributed by atoms with van der Waals surface area (Å²) >= 11 is 1.21. The van der Waals surface area contributed by atoms with Crippen molar-refractivity contribution in [3.63, 3.8) is 0 Å². The van der Waals surface area contributed by atoms with Gasteiger partial charge < -0.3 is 15.2 Å². The number of ether oxygens (including phenoxy) is 2. The van der Waals surface area contributed by atoms with Gasteiger partial charge in [-0.15, -0.1) is 11.3 Å². The first-order valence-electron chi connectivity index (χ1n) is 3.64. The molecule has 0 radical (unpaired) electrons. The molecule has 0 aromatic carbocycles. The van der Waals surface area contributed by atoms with Crippen molar-refractivity contribution in [2.24, 2.45) is 0 Å². The number of nitrogens with two attached hydrogens (primary N) is 1. The molecule has 2 N–H and O–H groups in total. The summed E-state index contributed by atoms with van der Waals surface area (Å²) < 4.78 is 9.52. The van der Waals surface area contributed by atoms with E-state index in [1.807, 2.05) is 0 Å². The number of carbonyl (C=O) groups excluding carboxylic acids is 1. The molecular weight excluding hydrogens is 190 g/mol. The maximum atomic E-state index is 11.2. The Morgan fingerprint density at radius 1 is 1.62 bits per heavy atom. The molecule has 0 aliphatic carbocycles. The van der Waals surface area contributed by atoms with Crippen molar-refractivity contribution in [3.8, 4) is 0 Å². The van der Waals surface area contributed by atoms with Crippen molar-refractivity contribution in [1.29, 1.82) is 0 Å². The van der Waals surface area contributed by atoms with Crippen LogP contribution in [-0.2, 0) is 16.1 Å². The number of esters is 1. The highest BCUT2D eigenvalue weighted by molar-refractivity contribution is 7.17. The van der Waals surface area contributed by atoms with Gasteiger partial charge in [0.15, 0.2) is 0 Å². The van der Waals surface area contributed by atoms with Gasteiger partial charge in [0.05, 0.1) is 18.7 Å². The van der Waals surface area contributed by atoms with Crippen molar-refractivity contribution in [3.05, 3.63) is 16.5 Å². The van der Waals surface area contributed by atoms with E-state index < -0.39 is 0 Å². The number of hydrogen-bond donors (Lipinski definition) is 1. The third kappa shape index (κ3) is 2.19. The Kier molecular flexibility index (Phi) is 3.27. The Morgan fingerprint density at radius 2 is 2.31 bits per heavy atom. The summed E-state index contributed by atoms with van der Waals surface area (Å²) in [6.45, 7) is 0.373. The molecule has 0 amide bonds. The standard InChI is InChI=1S/C8H11NO3S/c1-11-4-5-3-6(9)13-7(5)8(10)12-2/h3H,4,9H2,1-2H3. The molecule has 1 heterocycles. The molecule has 0 bridgehead atoms. The zero-order valence-corrected chi connectivity index (χ0v) is 8.31. The first-order valence-corrected chi connectivity index (χ1v) is 4.46. The van der Waals surface area contributed by atoms with E-state index in [-0.39, 0.29) is 5.97 Å². The largest absolute Gasteiger partial charge is 0.465 e. The third-order valence-corrected chi connectivity index (χ3v) is 2.49. The van der Waals surface area contributed by atoms with Gasteiger partial charge in [0, 0.05) is 12.7 Å². The van der Waals surface area contributed by atoms with Gasteiger partial charge in [-0.3, -0.25) is 0 Å². The van der Waals surface area contributed by atoms with Crippen LogP contribution in [0.25, 0.3) is 0 Å². The third-order valence-electron chi connectivity index (χ3n) is 1.50. The van der Waals surface area contributed by atoms with Crippen LogP contribution in [0.15, 0.2) is 6.07 Å². The number of nitrogen functional groups attached to an aromatic ring is 1. The molecule has 5 heteroatoms. The summed E-state index contributed by atoms with van der Waals surface area (Å²) in [7, 11) is 2.91. The van der Waals surface area contributed by atoms with Gasteiger partial charge in [0.1, 0.15) is 4.88 Å². The summed E-state index contributed by atoms with van der Waals surface area (Å²) in [6.07, 6.45) is 0. The number of rotatable bonds is 3. The molecule has 0 atom stereocenters. The molecule has 0 aliphatic heterocycles. The van der Waals surface area contributed by atoms with E-state index in [0.29, 0.717) is 16.5 Å². The summed E-state index contributed by atoms with van der Waals surface area (Å²) in [5, 5.41) is 0.590. The summed E-state index contributed by atoms with van der Waals surface area (Å²) in [4.78, 5) is 11.7. The van der Waals surface area contributed by atoms with Crippen molar-refractivity contribution in [1.82, 2.24) is 0 Å². The SMILES string of the molecule is COCc1cc(N)sc1C(=O)OC. The molecule has 13 heavy (non-hydrogen) atoms. The Labute approximate surface area is 80.3 Å². The van der Waals surface area contributed by atoms with Crippen molar-refractivity contribution >= 4 is 22.3 Å². The molecule has 0 spiro atoms. The van der Waals surface area contributed by atoms with Gasteiger partial charge in [0.2, 0.25) is 0 Å². The molecule has 0 unspecified atom stereocenters. The van der Waals surface area contributed by atoms with Crippen LogP contribution in [0.5, 0.6) is 0 Å². The van der Waals surface area contributed by atoms with Crippen LogP contribution in [-0.4, -0.2) is 20.2 Å². The molecule has 0 saturated carbocycles. The Hall–Kier alpha value is -1.07. The fourth-order valence-electron chi connectivity index (χ4n) is 0.978. The van der Waals surface area contributed by atoms with Gasteiger partial charge >= 0.3 is 5.97 Å². The Bertz CT molecular complexity index is 308.